The Balaban J connectivity index is 2.17. The number of nitro groups is 1. The third-order valence-electron chi connectivity index (χ3n) is 2.53. The predicted molar refractivity (Wildman–Crippen MR) is 71.9 cm³/mol. The van der Waals surface area contributed by atoms with Crippen LogP contribution in [0.4, 0.5) is 15.8 Å². The van der Waals surface area contributed by atoms with E-state index in [1.807, 2.05) is 6.92 Å². The molecule has 19 heavy (non-hydrogen) atoms. The zero-order chi connectivity index (χ0) is 13.8. The van der Waals surface area contributed by atoms with Crippen molar-refractivity contribution in [2.45, 2.75) is 19.9 Å². The quantitative estimate of drug-likeness (QED) is 0.674. The van der Waals surface area contributed by atoms with Crippen molar-refractivity contribution >= 4 is 22.7 Å². The lowest BCUT2D eigenvalue weighted by Gasteiger charge is -2.06. The number of para-hydroxylation sites is 1. The Bertz CT molecular complexity index is 600. The third-order valence-corrected chi connectivity index (χ3v) is 3.67. The summed E-state index contributed by atoms with van der Waals surface area (Å²) in [7, 11) is 0. The lowest BCUT2D eigenvalue weighted by atomic mass is 10.2. The van der Waals surface area contributed by atoms with Gasteiger partial charge in [0.1, 0.15) is 5.69 Å². The number of thiazole rings is 1. The lowest BCUT2D eigenvalue weighted by Crippen LogP contribution is -2.03. The number of aryl methyl sites for hydroxylation is 1. The second kappa shape index (κ2) is 5.75. The lowest BCUT2D eigenvalue weighted by molar-refractivity contribution is -0.384. The third kappa shape index (κ3) is 3.05. The Hall–Kier alpha value is -2.02. The van der Waals surface area contributed by atoms with Gasteiger partial charge in [0.15, 0.2) is 5.82 Å². The number of aromatic nitrogens is 1. The molecule has 5 nitrogen and oxygen atoms in total. The molecule has 2 aromatic rings. The van der Waals surface area contributed by atoms with E-state index >= 15 is 0 Å². The molecule has 0 saturated carbocycles. The summed E-state index contributed by atoms with van der Waals surface area (Å²) in [4.78, 5) is 15.3. The topological polar surface area (TPSA) is 68.1 Å². The van der Waals surface area contributed by atoms with E-state index in [1.165, 1.54) is 29.5 Å². The molecule has 0 saturated heterocycles. The van der Waals surface area contributed by atoms with Crippen LogP contribution in [0.3, 0.4) is 0 Å². The SMILES string of the molecule is CCc1ncc(CNc2c(F)cccc2[N+](=O)[O-])s1. The summed E-state index contributed by atoms with van der Waals surface area (Å²) in [5.41, 5.74) is -0.348. The van der Waals surface area contributed by atoms with Crippen LogP contribution < -0.4 is 5.32 Å². The molecular weight excluding hydrogens is 269 g/mol. The zero-order valence-corrected chi connectivity index (χ0v) is 11.0. The summed E-state index contributed by atoms with van der Waals surface area (Å²) in [5.74, 6) is -0.630. The maximum absolute atomic E-state index is 13.6. The first-order valence-electron chi connectivity index (χ1n) is 5.72. The van der Waals surface area contributed by atoms with Gasteiger partial charge in [-0.2, -0.15) is 0 Å². The van der Waals surface area contributed by atoms with Crippen molar-refractivity contribution in [3.05, 3.63) is 50.2 Å². The standard InChI is InChI=1S/C12H12FN3O2S/c1-2-11-14-6-8(19-11)7-15-12-9(13)4-3-5-10(12)16(17)18/h3-6,15H,2,7H2,1H3. The Labute approximate surface area is 113 Å². The number of nitrogens with zero attached hydrogens (tertiary/aromatic N) is 2. The van der Waals surface area contributed by atoms with Crippen molar-refractivity contribution < 1.29 is 9.31 Å². The van der Waals surface area contributed by atoms with Crippen LogP contribution in [0.5, 0.6) is 0 Å². The van der Waals surface area contributed by atoms with E-state index in [2.05, 4.69) is 10.3 Å². The van der Waals surface area contributed by atoms with Crippen LogP contribution in [0.25, 0.3) is 0 Å². The number of anilines is 1. The summed E-state index contributed by atoms with van der Waals surface area (Å²) < 4.78 is 13.6. The highest BCUT2D eigenvalue weighted by atomic mass is 32.1. The van der Waals surface area contributed by atoms with Gasteiger partial charge in [-0.1, -0.05) is 13.0 Å². The number of nitro benzene ring substituents is 1. The number of rotatable bonds is 5. The number of hydrogen-bond acceptors (Lipinski definition) is 5. The maximum Gasteiger partial charge on any atom is 0.295 e. The molecule has 1 aromatic heterocycles. The molecule has 0 fully saturated rings. The van der Waals surface area contributed by atoms with Crippen LogP contribution in [-0.4, -0.2) is 9.91 Å². The number of halogens is 1. The molecule has 7 heteroatoms. The van der Waals surface area contributed by atoms with Crippen LogP contribution >= 0.6 is 11.3 Å². The normalized spacial score (nSPS) is 10.4. The second-order valence-corrected chi connectivity index (χ2v) is 5.02. The van der Waals surface area contributed by atoms with Crippen molar-refractivity contribution in [2.75, 3.05) is 5.32 Å². The van der Waals surface area contributed by atoms with Gasteiger partial charge in [0.05, 0.1) is 16.5 Å². The number of benzene rings is 1. The first-order chi connectivity index (χ1) is 9.11. The molecule has 1 aromatic carbocycles. The molecule has 1 heterocycles. The average Bonchev–Trinajstić information content (AvgIpc) is 2.85. The molecule has 0 radical (unpaired) electrons. The van der Waals surface area contributed by atoms with Crippen LogP contribution in [0.15, 0.2) is 24.4 Å². The summed E-state index contributed by atoms with van der Waals surface area (Å²) in [6.45, 7) is 2.32. The van der Waals surface area contributed by atoms with Crippen molar-refractivity contribution in [3.8, 4) is 0 Å². The summed E-state index contributed by atoms with van der Waals surface area (Å²) >= 11 is 1.51. The van der Waals surface area contributed by atoms with Crippen LogP contribution in [0.2, 0.25) is 0 Å². The van der Waals surface area contributed by atoms with Crippen molar-refractivity contribution in [3.63, 3.8) is 0 Å². The van der Waals surface area contributed by atoms with E-state index in [1.54, 1.807) is 6.20 Å². The van der Waals surface area contributed by atoms with Gasteiger partial charge < -0.3 is 5.32 Å². The van der Waals surface area contributed by atoms with Gasteiger partial charge in [0.25, 0.3) is 5.69 Å². The Morgan fingerprint density at radius 2 is 2.32 bits per heavy atom. The Morgan fingerprint density at radius 1 is 1.53 bits per heavy atom. The maximum atomic E-state index is 13.6. The van der Waals surface area contributed by atoms with Gasteiger partial charge in [-0.25, -0.2) is 9.37 Å². The molecule has 0 unspecified atom stereocenters. The summed E-state index contributed by atoms with van der Waals surface area (Å²) in [6.07, 6.45) is 2.54. The minimum absolute atomic E-state index is 0.0843. The molecule has 1 N–H and O–H groups in total. The molecular formula is C12H12FN3O2S. The van der Waals surface area contributed by atoms with Gasteiger partial charge in [0, 0.05) is 17.1 Å². The van der Waals surface area contributed by atoms with E-state index in [0.717, 1.165) is 16.3 Å². The molecule has 0 bridgehead atoms. The van der Waals surface area contributed by atoms with Gasteiger partial charge >= 0.3 is 0 Å². The minimum Gasteiger partial charge on any atom is -0.372 e. The minimum atomic E-state index is -0.630. The van der Waals surface area contributed by atoms with Crippen LogP contribution in [0, 0.1) is 15.9 Å². The largest absolute Gasteiger partial charge is 0.372 e. The zero-order valence-electron chi connectivity index (χ0n) is 10.2. The van der Waals surface area contributed by atoms with Crippen molar-refractivity contribution in [1.29, 1.82) is 0 Å². The first kappa shape index (κ1) is 13.4. The average molecular weight is 281 g/mol. The van der Waals surface area contributed by atoms with E-state index in [0.29, 0.717) is 6.54 Å². The fraction of sp³-hybridized carbons (Fsp3) is 0.250. The fourth-order valence-corrected chi connectivity index (χ4v) is 2.41. The molecule has 0 aliphatic carbocycles. The molecule has 0 aliphatic heterocycles. The highest BCUT2D eigenvalue weighted by molar-refractivity contribution is 7.11. The molecule has 0 amide bonds. The van der Waals surface area contributed by atoms with Crippen LogP contribution in [0.1, 0.15) is 16.8 Å². The van der Waals surface area contributed by atoms with Crippen molar-refractivity contribution in [1.82, 2.24) is 4.98 Å². The Morgan fingerprint density at radius 3 is 2.95 bits per heavy atom. The molecule has 100 valence electrons. The van der Waals surface area contributed by atoms with Gasteiger partial charge in [0.2, 0.25) is 0 Å². The first-order valence-corrected chi connectivity index (χ1v) is 6.53. The highest BCUT2D eigenvalue weighted by Crippen LogP contribution is 2.28. The monoisotopic (exact) mass is 281 g/mol. The smallest absolute Gasteiger partial charge is 0.295 e. The molecule has 2 rings (SSSR count). The van der Waals surface area contributed by atoms with Gasteiger partial charge in [-0.3, -0.25) is 10.1 Å². The van der Waals surface area contributed by atoms with E-state index in [4.69, 9.17) is 0 Å². The highest BCUT2D eigenvalue weighted by Gasteiger charge is 2.17. The van der Waals surface area contributed by atoms with Crippen LogP contribution in [-0.2, 0) is 13.0 Å². The summed E-state index contributed by atoms with van der Waals surface area (Å²) in [5, 5.41) is 14.6. The van der Waals surface area contributed by atoms with E-state index in [9.17, 15) is 14.5 Å². The second-order valence-electron chi connectivity index (χ2n) is 3.82. The van der Waals surface area contributed by atoms with Gasteiger partial charge in [-0.05, 0) is 12.5 Å². The Kier molecular flexibility index (Phi) is 4.06. The van der Waals surface area contributed by atoms with E-state index in [-0.39, 0.29) is 11.4 Å². The number of nitrogens with one attached hydrogen (secondary N) is 1. The van der Waals surface area contributed by atoms with Crippen molar-refractivity contribution in [2.24, 2.45) is 0 Å². The molecule has 0 aliphatic rings. The predicted octanol–water partition coefficient (Wildman–Crippen LogP) is 3.36. The van der Waals surface area contributed by atoms with Gasteiger partial charge in [-0.15, -0.1) is 11.3 Å². The number of hydrogen-bond donors (Lipinski definition) is 1. The van der Waals surface area contributed by atoms with E-state index < -0.39 is 10.7 Å². The molecule has 0 atom stereocenters. The fourth-order valence-electron chi connectivity index (χ4n) is 1.61. The summed E-state index contributed by atoms with van der Waals surface area (Å²) in [6, 6.07) is 3.79. The molecule has 0 spiro atoms.